The van der Waals surface area contributed by atoms with E-state index in [0.29, 0.717) is 5.95 Å². The molecule has 0 unspecified atom stereocenters. The summed E-state index contributed by atoms with van der Waals surface area (Å²) in [6, 6.07) is 28.5. The summed E-state index contributed by atoms with van der Waals surface area (Å²) in [6.45, 7) is 0. The zero-order chi connectivity index (χ0) is 18.8. The molecule has 1 N–H and O–H groups in total. The molecule has 134 valence electrons. The summed E-state index contributed by atoms with van der Waals surface area (Å²) in [4.78, 5) is 0. The van der Waals surface area contributed by atoms with Crippen molar-refractivity contribution in [2.24, 2.45) is 5.10 Å². The van der Waals surface area contributed by atoms with E-state index < -0.39 is 0 Å². The van der Waals surface area contributed by atoms with Crippen LogP contribution in [-0.4, -0.2) is 26.4 Å². The Labute approximate surface area is 161 Å². The molecule has 0 saturated heterocycles. The largest absolute Gasteiger partial charge is 0.268 e. The second-order valence-electron chi connectivity index (χ2n) is 6.35. The first-order valence-electron chi connectivity index (χ1n) is 8.93. The predicted molar refractivity (Wildman–Crippen MR) is 112 cm³/mol. The number of rotatable bonds is 4. The van der Waals surface area contributed by atoms with E-state index in [1.54, 1.807) is 4.68 Å². The normalized spacial score (nSPS) is 11.4. The number of tetrazole rings is 1. The topological polar surface area (TPSA) is 68.0 Å². The molecule has 0 aliphatic carbocycles. The van der Waals surface area contributed by atoms with Crippen molar-refractivity contribution in [1.29, 1.82) is 0 Å². The summed E-state index contributed by atoms with van der Waals surface area (Å²) < 4.78 is 1.61. The molecule has 0 atom stereocenters. The Morgan fingerprint density at radius 3 is 2.14 bits per heavy atom. The first kappa shape index (κ1) is 16.1. The number of hydrazone groups is 1. The molecule has 0 amide bonds. The van der Waals surface area contributed by atoms with E-state index in [4.69, 9.17) is 0 Å². The van der Waals surface area contributed by atoms with Gasteiger partial charge in [-0.3, -0.25) is 0 Å². The van der Waals surface area contributed by atoms with Gasteiger partial charge in [0, 0.05) is 5.56 Å². The van der Waals surface area contributed by atoms with Crippen LogP contribution in [0.15, 0.2) is 90.0 Å². The first-order valence-corrected chi connectivity index (χ1v) is 8.93. The minimum Gasteiger partial charge on any atom is -0.244 e. The standard InChI is InChI=1S/C22H16N6/c1-2-10-18(11-3-1)28-22(25-26-27-28)24-23-15-21-19-12-6-4-8-16(19)14-17-9-5-7-13-20(17)21/h1-15H,(H,24,25,27). The van der Waals surface area contributed by atoms with Crippen molar-refractivity contribution in [1.82, 2.24) is 20.2 Å². The number of hydrogen-bond donors (Lipinski definition) is 1. The molecular formula is C22H16N6. The van der Waals surface area contributed by atoms with Crippen LogP contribution in [0, 0.1) is 0 Å². The highest BCUT2D eigenvalue weighted by Crippen LogP contribution is 2.27. The van der Waals surface area contributed by atoms with Crippen LogP contribution < -0.4 is 5.43 Å². The number of fused-ring (bicyclic) bond motifs is 2. The summed E-state index contributed by atoms with van der Waals surface area (Å²) in [7, 11) is 0. The van der Waals surface area contributed by atoms with Crippen molar-refractivity contribution in [2.75, 3.05) is 5.43 Å². The fourth-order valence-corrected chi connectivity index (χ4v) is 3.34. The highest BCUT2D eigenvalue weighted by molar-refractivity contribution is 6.13. The number of hydrogen-bond acceptors (Lipinski definition) is 5. The van der Waals surface area contributed by atoms with Gasteiger partial charge in [-0.1, -0.05) is 71.8 Å². The Hall–Kier alpha value is -4.06. The highest BCUT2D eigenvalue weighted by atomic mass is 15.6. The maximum atomic E-state index is 4.43. The molecule has 4 aromatic carbocycles. The fraction of sp³-hybridized carbons (Fsp3) is 0. The van der Waals surface area contributed by atoms with E-state index in [1.165, 1.54) is 10.8 Å². The third kappa shape index (κ3) is 2.87. The monoisotopic (exact) mass is 364 g/mol. The number of nitrogens with one attached hydrogen (secondary N) is 1. The van der Waals surface area contributed by atoms with Gasteiger partial charge in [0.05, 0.1) is 11.9 Å². The summed E-state index contributed by atoms with van der Waals surface area (Å²) in [5, 5.41) is 20.9. The SMILES string of the molecule is C(=NNc1nnnn1-c1ccccc1)c1c2ccccc2cc2ccccc12. The molecular weight excluding hydrogens is 348 g/mol. The minimum absolute atomic E-state index is 0.451. The molecule has 0 radical (unpaired) electrons. The van der Waals surface area contributed by atoms with Crippen LogP contribution in [-0.2, 0) is 0 Å². The summed E-state index contributed by atoms with van der Waals surface area (Å²) in [6.07, 6.45) is 1.83. The van der Waals surface area contributed by atoms with Gasteiger partial charge in [-0.25, -0.2) is 5.43 Å². The zero-order valence-electron chi connectivity index (χ0n) is 14.9. The van der Waals surface area contributed by atoms with E-state index in [2.05, 4.69) is 56.4 Å². The van der Waals surface area contributed by atoms with E-state index in [-0.39, 0.29) is 0 Å². The van der Waals surface area contributed by atoms with Gasteiger partial charge in [0.2, 0.25) is 0 Å². The van der Waals surface area contributed by atoms with E-state index >= 15 is 0 Å². The van der Waals surface area contributed by atoms with Gasteiger partial charge in [0.15, 0.2) is 0 Å². The van der Waals surface area contributed by atoms with Gasteiger partial charge in [-0.2, -0.15) is 9.78 Å². The van der Waals surface area contributed by atoms with Crippen molar-refractivity contribution in [3.05, 3.63) is 90.5 Å². The van der Waals surface area contributed by atoms with Crippen LogP contribution in [0.3, 0.4) is 0 Å². The number of para-hydroxylation sites is 1. The lowest BCUT2D eigenvalue weighted by Gasteiger charge is -2.08. The van der Waals surface area contributed by atoms with Gasteiger partial charge in [-0.15, -0.1) is 0 Å². The number of benzene rings is 4. The maximum Gasteiger partial charge on any atom is 0.268 e. The summed E-state index contributed by atoms with van der Waals surface area (Å²) >= 11 is 0. The second-order valence-corrected chi connectivity index (χ2v) is 6.35. The molecule has 1 aromatic heterocycles. The van der Waals surface area contributed by atoms with Crippen LogP contribution in [0.5, 0.6) is 0 Å². The average molecular weight is 364 g/mol. The third-order valence-corrected chi connectivity index (χ3v) is 4.64. The van der Waals surface area contributed by atoms with Gasteiger partial charge >= 0.3 is 0 Å². The Morgan fingerprint density at radius 1 is 0.786 bits per heavy atom. The van der Waals surface area contributed by atoms with E-state index in [1.807, 2.05) is 60.8 Å². The molecule has 5 rings (SSSR count). The van der Waals surface area contributed by atoms with Gasteiger partial charge < -0.3 is 0 Å². The molecule has 0 bridgehead atoms. The highest BCUT2D eigenvalue weighted by Gasteiger charge is 2.08. The Bertz CT molecular complexity index is 1240. The van der Waals surface area contributed by atoms with Crippen LogP contribution in [0.25, 0.3) is 27.2 Å². The van der Waals surface area contributed by atoms with Crippen LogP contribution >= 0.6 is 0 Å². The summed E-state index contributed by atoms with van der Waals surface area (Å²) in [5.41, 5.74) is 4.88. The van der Waals surface area contributed by atoms with Crippen LogP contribution in [0.1, 0.15) is 5.56 Å². The Morgan fingerprint density at radius 2 is 1.43 bits per heavy atom. The van der Waals surface area contributed by atoms with E-state index in [0.717, 1.165) is 22.0 Å². The molecule has 1 heterocycles. The molecule has 0 aliphatic rings. The molecule has 0 spiro atoms. The van der Waals surface area contributed by atoms with Crippen molar-refractivity contribution >= 4 is 33.7 Å². The number of anilines is 1. The molecule has 0 saturated carbocycles. The Balaban J connectivity index is 1.54. The lowest BCUT2D eigenvalue weighted by molar-refractivity contribution is 0.790. The molecule has 0 fully saturated rings. The van der Waals surface area contributed by atoms with Crippen molar-refractivity contribution in [3.63, 3.8) is 0 Å². The van der Waals surface area contributed by atoms with Gasteiger partial charge in [-0.05, 0) is 50.2 Å². The van der Waals surface area contributed by atoms with E-state index in [9.17, 15) is 0 Å². The predicted octanol–water partition coefficient (Wildman–Crippen LogP) is 4.41. The fourth-order valence-electron chi connectivity index (χ4n) is 3.34. The third-order valence-electron chi connectivity index (χ3n) is 4.64. The molecule has 6 heteroatoms. The zero-order valence-corrected chi connectivity index (χ0v) is 14.9. The van der Waals surface area contributed by atoms with Gasteiger partial charge in [0.1, 0.15) is 0 Å². The summed E-state index contributed by atoms with van der Waals surface area (Å²) in [5.74, 6) is 0.451. The van der Waals surface area contributed by atoms with Crippen LogP contribution in [0.2, 0.25) is 0 Å². The Kier molecular flexibility index (Phi) is 3.99. The first-order chi connectivity index (χ1) is 13.9. The molecule has 5 aromatic rings. The number of nitrogens with zero attached hydrogens (tertiary/aromatic N) is 5. The van der Waals surface area contributed by atoms with Crippen LogP contribution in [0.4, 0.5) is 5.95 Å². The van der Waals surface area contributed by atoms with Crippen molar-refractivity contribution in [2.45, 2.75) is 0 Å². The maximum absolute atomic E-state index is 4.43. The smallest absolute Gasteiger partial charge is 0.244 e. The molecule has 0 aliphatic heterocycles. The van der Waals surface area contributed by atoms with Crippen molar-refractivity contribution < 1.29 is 0 Å². The van der Waals surface area contributed by atoms with Gasteiger partial charge in [0.25, 0.3) is 5.95 Å². The quantitative estimate of drug-likeness (QED) is 0.291. The molecule has 6 nitrogen and oxygen atoms in total. The lowest BCUT2D eigenvalue weighted by atomic mass is 9.97. The van der Waals surface area contributed by atoms with Crippen molar-refractivity contribution in [3.8, 4) is 5.69 Å². The number of aromatic nitrogens is 4. The lowest BCUT2D eigenvalue weighted by Crippen LogP contribution is -2.03. The minimum atomic E-state index is 0.451. The second kappa shape index (κ2) is 6.92. The average Bonchev–Trinajstić information content (AvgIpc) is 3.22. The molecule has 28 heavy (non-hydrogen) atoms.